The third-order valence-electron chi connectivity index (χ3n) is 6.89. The van der Waals surface area contributed by atoms with Gasteiger partial charge in [0.25, 0.3) is 0 Å². The Morgan fingerprint density at radius 2 is 1.86 bits per heavy atom. The second kappa shape index (κ2) is 9.28. The number of aryl methyl sites for hydroxylation is 4. The first-order valence-corrected chi connectivity index (χ1v) is 11.7. The number of hydrogen-bond donors (Lipinski definition) is 0. The van der Waals surface area contributed by atoms with Crippen LogP contribution < -0.4 is 0 Å². The van der Waals surface area contributed by atoms with E-state index in [-0.39, 0.29) is 0 Å². The van der Waals surface area contributed by atoms with Gasteiger partial charge in [-0.2, -0.15) is 0 Å². The van der Waals surface area contributed by atoms with Crippen molar-refractivity contribution in [2.75, 3.05) is 0 Å². The molecule has 1 heterocycles. The van der Waals surface area contributed by atoms with Crippen molar-refractivity contribution in [2.24, 2.45) is 5.92 Å². The topological polar surface area (TPSA) is 43.1 Å². The summed E-state index contributed by atoms with van der Waals surface area (Å²) in [7, 11) is 0. The quantitative estimate of drug-likeness (QED) is 0.493. The lowest BCUT2D eigenvalue weighted by Crippen LogP contribution is -2.08. The van der Waals surface area contributed by atoms with E-state index in [1.54, 1.807) is 0 Å². The molecule has 0 atom stereocenters. The molecule has 1 aromatic carbocycles. The third kappa shape index (κ3) is 5.38. The van der Waals surface area contributed by atoms with Crippen molar-refractivity contribution in [3.05, 3.63) is 51.9 Å². The van der Waals surface area contributed by atoms with Gasteiger partial charge < -0.3 is 4.52 Å². The number of benzene rings is 1. The predicted molar refractivity (Wildman–Crippen MR) is 116 cm³/mol. The Hall–Kier alpha value is -1.90. The number of hydrogen-bond acceptors (Lipinski definition) is 3. The summed E-state index contributed by atoms with van der Waals surface area (Å²) in [6.45, 7) is 4.19. The number of rotatable bonds is 9. The van der Waals surface area contributed by atoms with Crippen LogP contribution in [0.1, 0.15) is 97.4 Å². The van der Waals surface area contributed by atoms with Crippen LogP contribution in [-0.2, 0) is 24.1 Å². The van der Waals surface area contributed by atoms with E-state index >= 15 is 0 Å². The van der Waals surface area contributed by atoms with E-state index in [2.05, 4.69) is 37.2 Å². The summed E-state index contributed by atoms with van der Waals surface area (Å²) in [5, 5.41) is 4.42. The molecular formula is C26H35NO2. The first kappa shape index (κ1) is 20.4. The second-order valence-corrected chi connectivity index (χ2v) is 9.43. The molecule has 3 nitrogen and oxygen atoms in total. The highest BCUT2D eigenvalue weighted by atomic mass is 16.5. The van der Waals surface area contributed by atoms with Gasteiger partial charge >= 0.3 is 0 Å². The van der Waals surface area contributed by atoms with Gasteiger partial charge in [-0.05, 0) is 56.1 Å². The van der Waals surface area contributed by atoms with Gasteiger partial charge in [0.05, 0.1) is 5.69 Å². The van der Waals surface area contributed by atoms with Gasteiger partial charge in [-0.25, -0.2) is 0 Å². The molecule has 0 unspecified atom stereocenters. The summed E-state index contributed by atoms with van der Waals surface area (Å²) in [6.07, 6.45) is 13.5. The second-order valence-electron chi connectivity index (χ2n) is 9.43. The summed E-state index contributed by atoms with van der Waals surface area (Å²) in [6, 6.07) is 6.35. The van der Waals surface area contributed by atoms with Crippen LogP contribution >= 0.6 is 0 Å². The first-order chi connectivity index (χ1) is 14.1. The molecule has 2 aliphatic carbocycles. The van der Waals surface area contributed by atoms with E-state index in [0.717, 1.165) is 35.8 Å². The summed E-state index contributed by atoms with van der Waals surface area (Å²) >= 11 is 0. The molecular weight excluding hydrogens is 358 g/mol. The van der Waals surface area contributed by atoms with Crippen LogP contribution in [0.2, 0.25) is 0 Å². The largest absolute Gasteiger partial charge is 0.361 e. The lowest BCUT2D eigenvalue weighted by atomic mass is 9.85. The van der Waals surface area contributed by atoms with Crippen molar-refractivity contribution < 1.29 is 9.32 Å². The predicted octanol–water partition coefficient (Wildman–Crippen LogP) is 6.43. The Bertz CT molecular complexity index is 840. The summed E-state index contributed by atoms with van der Waals surface area (Å²) in [4.78, 5) is 12.6. The number of nitrogens with zero attached hydrogens (tertiary/aromatic N) is 1. The van der Waals surface area contributed by atoms with Crippen LogP contribution in [0, 0.1) is 19.8 Å². The lowest BCUT2D eigenvalue weighted by Gasteiger charge is -2.20. The normalized spacial score (nSPS) is 17.6. The van der Waals surface area contributed by atoms with Crippen LogP contribution in [-0.4, -0.2) is 10.9 Å². The molecule has 2 fully saturated rings. The van der Waals surface area contributed by atoms with E-state index in [9.17, 15) is 4.79 Å². The van der Waals surface area contributed by atoms with Crippen molar-refractivity contribution in [3.63, 3.8) is 0 Å². The number of carbonyl (C=O) groups excluding carboxylic acids is 1. The smallest absolute Gasteiger partial charge is 0.140 e. The summed E-state index contributed by atoms with van der Waals surface area (Å²) in [5.74, 6) is 2.91. The zero-order valence-corrected chi connectivity index (χ0v) is 18.1. The Labute approximate surface area is 175 Å². The molecule has 0 aliphatic heterocycles. The minimum absolute atomic E-state index is 0.297. The zero-order valence-electron chi connectivity index (χ0n) is 18.1. The minimum atomic E-state index is 0.297. The Balaban J connectivity index is 1.34. The molecule has 29 heavy (non-hydrogen) atoms. The average Bonchev–Trinajstić information content (AvgIpc) is 3.48. The van der Waals surface area contributed by atoms with Crippen LogP contribution in [0.15, 0.2) is 22.7 Å². The van der Waals surface area contributed by atoms with Crippen molar-refractivity contribution in [3.8, 4) is 0 Å². The maximum Gasteiger partial charge on any atom is 0.140 e. The van der Waals surface area contributed by atoms with Gasteiger partial charge in [-0.15, -0.1) is 0 Å². The molecule has 0 amide bonds. The molecule has 1 aromatic heterocycles. The fourth-order valence-corrected chi connectivity index (χ4v) is 4.98. The van der Waals surface area contributed by atoms with Crippen LogP contribution in [0.3, 0.4) is 0 Å². The van der Waals surface area contributed by atoms with Gasteiger partial charge in [0.1, 0.15) is 11.5 Å². The zero-order chi connectivity index (χ0) is 20.2. The third-order valence-corrected chi connectivity index (χ3v) is 6.89. The van der Waals surface area contributed by atoms with Crippen molar-refractivity contribution >= 4 is 5.78 Å². The number of carbonyl (C=O) groups is 1. The van der Waals surface area contributed by atoms with Crippen LogP contribution in [0.5, 0.6) is 0 Å². The van der Waals surface area contributed by atoms with E-state index in [0.29, 0.717) is 24.5 Å². The molecule has 0 bridgehead atoms. The highest BCUT2D eigenvalue weighted by molar-refractivity contribution is 5.81. The SMILES string of the molecule is Cc1ccc(CC(=O)CCc2noc(CCC3CCCCC3)c2C2CC2)c(C)c1. The molecule has 2 saturated carbocycles. The standard InChI is InChI=1S/C26H35NO2/c1-18-8-10-22(19(2)16-18)17-23(28)13-14-24-26(21-11-12-21)25(29-27-24)15-9-20-6-4-3-5-7-20/h8,10,16,20-21H,3-7,9,11-15,17H2,1-2H3. The average molecular weight is 394 g/mol. The monoisotopic (exact) mass is 393 g/mol. The van der Waals surface area contributed by atoms with Crippen LogP contribution in [0.25, 0.3) is 0 Å². The maximum atomic E-state index is 12.6. The molecule has 0 N–H and O–H groups in total. The minimum Gasteiger partial charge on any atom is -0.361 e. The summed E-state index contributed by atoms with van der Waals surface area (Å²) in [5.41, 5.74) is 6.02. The first-order valence-electron chi connectivity index (χ1n) is 11.7. The Kier molecular flexibility index (Phi) is 6.52. The highest BCUT2D eigenvalue weighted by Crippen LogP contribution is 2.44. The molecule has 0 saturated heterocycles. The van der Waals surface area contributed by atoms with Crippen molar-refractivity contribution in [2.45, 2.75) is 96.8 Å². The molecule has 2 aliphatic rings. The summed E-state index contributed by atoms with van der Waals surface area (Å²) < 4.78 is 5.81. The van der Waals surface area contributed by atoms with E-state index < -0.39 is 0 Å². The van der Waals surface area contributed by atoms with E-state index in [4.69, 9.17) is 4.52 Å². The highest BCUT2D eigenvalue weighted by Gasteiger charge is 2.32. The molecule has 3 heteroatoms. The van der Waals surface area contributed by atoms with Crippen LogP contribution in [0.4, 0.5) is 0 Å². The van der Waals surface area contributed by atoms with Gasteiger partial charge in [0, 0.05) is 31.2 Å². The fraction of sp³-hybridized carbons (Fsp3) is 0.615. The molecule has 2 aromatic rings. The van der Waals surface area contributed by atoms with Crippen molar-refractivity contribution in [1.29, 1.82) is 0 Å². The van der Waals surface area contributed by atoms with Gasteiger partial charge in [-0.1, -0.05) is 61.0 Å². The Morgan fingerprint density at radius 1 is 1.07 bits per heavy atom. The molecule has 156 valence electrons. The van der Waals surface area contributed by atoms with Gasteiger partial charge in [0.2, 0.25) is 0 Å². The maximum absolute atomic E-state index is 12.6. The molecule has 4 rings (SSSR count). The molecule has 0 radical (unpaired) electrons. The van der Waals surface area contributed by atoms with Crippen molar-refractivity contribution in [1.82, 2.24) is 5.16 Å². The number of ketones is 1. The van der Waals surface area contributed by atoms with E-state index in [1.165, 1.54) is 68.1 Å². The van der Waals surface area contributed by atoms with Gasteiger partial charge in [-0.3, -0.25) is 4.79 Å². The number of Topliss-reactive ketones (excluding diaryl/α,β-unsaturated/α-hetero) is 1. The lowest BCUT2D eigenvalue weighted by molar-refractivity contribution is -0.118. The number of aromatic nitrogens is 1. The van der Waals surface area contributed by atoms with E-state index in [1.807, 2.05) is 0 Å². The fourth-order valence-electron chi connectivity index (χ4n) is 4.98. The molecule has 0 spiro atoms. The van der Waals surface area contributed by atoms with Gasteiger partial charge in [0.15, 0.2) is 0 Å². The Morgan fingerprint density at radius 3 is 2.59 bits per heavy atom.